The van der Waals surface area contributed by atoms with Crippen molar-refractivity contribution in [1.29, 1.82) is 0 Å². The van der Waals surface area contributed by atoms with Crippen LogP contribution in [0.1, 0.15) is 6.92 Å². The van der Waals surface area contributed by atoms with Crippen molar-refractivity contribution in [3.05, 3.63) is 24.3 Å². The molecule has 0 radical (unpaired) electrons. The van der Waals surface area contributed by atoms with Crippen LogP contribution in [0.2, 0.25) is 0 Å². The van der Waals surface area contributed by atoms with Crippen molar-refractivity contribution in [3.8, 4) is 11.5 Å². The van der Waals surface area contributed by atoms with Crippen LogP contribution >= 0.6 is 12.4 Å². The van der Waals surface area contributed by atoms with Gasteiger partial charge in [0.1, 0.15) is 24.1 Å². The molecule has 124 valence electrons. The van der Waals surface area contributed by atoms with Gasteiger partial charge in [-0.25, -0.2) is 0 Å². The molecule has 1 aliphatic rings. The first-order valence-corrected chi connectivity index (χ1v) is 7.10. The van der Waals surface area contributed by atoms with E-state index in [0.29, 0.717) is 26.3 Å². The third kappa shape index (κ3) is 5.36. The molecule has 1 fully saturated rings. The number of hydrogen-bond donors (Lipinski definition) is 2. The summed E-state index contributed by atoms with van der Waals surface area (Å²) in [6.07, 6.45) is -0.110. The van der Waals surface area contributed by atoms with Gasteiger partial charge in [0.05, 0.1) is 26.4 Å². The van der Waals surface area contributed by atoms with Crippen molar-refractivity contribution < 1.29 is 19.0 Å². The zero-order valence-electron chi connectivity index (χ0n) is 12.8. The lowest BCUT2D eigenvalue weighted by atomic mass is 10.1. The molecular formula is C15H23ClN2O4. The van der Waals surface area contributed by atoms with Crippen LogP contribution in [0, 0.1) is 0 Å². The van der Waals surface area contributed by atoms with E-state index in [0.717, 1.165) is 11.5 Å². The topological polar surface area (TPSA) is 68.8 Å². The SMILES string of the molecule is COc1ccc(OCCNC(=O)[C@H]2NCCO[C@@H]2C)cc1.Cl. The maximum atomic E-state index is 12.0. The number of nitrogens with one attached hydrogen (secondary N) is 2. The first-order chi connectivity index (χ1) is 10.2. The third-order valence-electron chi connectivity index (χ3n) is 3.33. The minimum atomic E-state index is -0.292. The Kier molecular flexibility index (Phi) is 8.01. The molecule has 1 aromatic carbocycles. The number of hydrogen-bond acceptors (Lipinski definition) is 5. The van der Waals surface area contributed by atoms with E-state index in [9.17, 15) is 4.79 Å². The van der Waals surface area contributed by atoms with Crippen LogP contribution in [0.25, 0.3) is 0 Å². The number of methoxy groups -OCH3 is 1. The first-order valence-electron chi connectivity index (χ1n) is 7.10. The van der Waals surface area contributed by atoms with Gasteiger partial charge in [0.2, 0.25) is 5.91 Å². The number of halogens is 1. The van der Waals surface area contributed by atoms with Crippen LogP contribution in [0.5, 0.6) is 11.5 Å². The van der Waals surface area contributed by atoms with Crippen molar-refractivity contribution in [2.45, 2.75) is 19.1 Å². The van der Waals surface area contributed by atoms with E-state index < -0.39 is 0 Å². The van der Waals surface area contributed by atoms with Gasteiger partial charge < -0.3 is 24.8 Å². The van der Waals surface area contributed by atoms with E-state index in [1.807, 2.05) is 31.2 Å². The Balaban J connectivity index is 0.00000242. The molecule has 2 rings (SSSR count). The maximum Gasteiger partial charge on any atom is 0.239 e. The summed E-state index contributed by atoms with van der Waals surface area (Å²) >= 11 is 0. The van der Waals surface area contributed by atoms with Crippen molar-refractivity contribution in [2.24, 2.45) is 0 Å². The van der Waals surface area contributed by atoms with Crippen LogP contribution < -0.4 is 20.1 Å². The lowest BCUT2D eigenvalue weighted by molar-refractivity contribution is -0.129. The molecule has 22 heavy (non-hydrogen) atoms. The van der Waals surface area contributed by atoms with E-state index in [1.54, 1.807) is 7.11 Å². The van der Waals surface area contributed by atoms with Crippen molar-refractivity contribution >= 4 is 18.3 Å². The van der Waals surface area contributed by atoms with Gasteiger partial charge >= 0.3 is 0 Å². The van der Waals surface area contributed by atoms with Crippen molar-refractivity contribution in [1.82, 2.24) is 10.6 Å². The number of rotatable bonds is 6. The Morgan fingerprint density at radius 1 is 1.36 bits per heavy atom. The summed E-state index contributed by atoms with van der Waals surface area (Å²) in [6.45, 7) is 4.11. The summed E-state index contributed by atoms with van der Waals surface area (Å²) in [7, 11) is 1.62. The highest BCUT2D eigenvalue weighted by molar-refractivity contribution is 5.85. The number of carbonyl (C=O) groups excluding carboxylic acids is 1. The highest BCUT2D eigenvalue weighted by atomic mass is 35.5. The van der Waals surface area contributed by atoms with Gasteiger partial charge in [-0.15, -0.1) is 12.4 Å². The average molecular weight is 331 g/mol. The van der Waals surface area contributed by atoms with Crippen LogP contribution in [-0.4, -0.2) is 51.5 Å². The Hall–Kier alpha value is -1.50. The predicted molar refractivity (Wildman–Crippen MR) is 86.0 cm³/mol. The highest BCUT2D eigenvalue weighted by Gasteiger charge is 2.27. The largest absolute Gasteiger partial charge is 0.497 e. The van der Waals surface area contributed by atoms with Crippen molar-refractivity contribution in [2.75, 3.05) is 33.4 Å². The summed E-state index contributed by atoms with van der Waals surface area (Å²) in [5, 5.41) is 5.99. The zero-order valence-corrected chi connectivity index (χ0v) is 13.7. The van der Waals surface area contributed by atoms with Gasteiger partial charge in [-0.1, -0.05) is 0 Å². The Labute approximate surface area is 136 Å². The van der Waals surface area contributed by atoms with E-state index >= 15 is 0 Å². The predicted octanol–water partition coefficient (Wildman–Crippen LogP) is 0.989. The molecule has 1 saturated heterocycles. The molecule has 2 atom stereocenters. The van der Waals surface area contributed by atoms with Gasteiger partial charge in [0.25, 0.3) is 0 Å². The second kappa shape index (κ2) is 9.50. The fourth-order valence-electron chi connectivity index (χ4n) is 2.15. The lowest BCUT2D eigenvalue weighted by Gasteiger charge is -2.29. The molecule has 1 aromatic rings. The minimum absolute atomic E-state index is 0. The normalized spacial score (nSPS) is 20.6. The van der Waals surface area contributed by atoms with Gasteiger partial charge in [-0.3, -0.25) is 4.79 Å². The van der Waals surface area contributed by atoms with Crippen molar-refractivity contribution in [3.63, 3.8) is 0 Å². The Morgan fingerprint density at radius 2 is 2.05 bits per heavy atom. The molecule has 7 heteroatoms. The molecule has 0 spiro atoms. The fraction of sp³-hybridized carbons (Fsp3) is 0.533. The molecule has 2 N–H and O–H groups in total. The monoisotopic (exact) mass is 330 g/mol. The van der Waals surface area contributed by atoms with E-state index in [-0.39, 0.29) is 30.5 Å². The third-order valence-corrected chi connectivity index (χ3v) is 3.33. The molecule has 0 unspecified atom stereocenters. The second-order valence-corrected chi connectivity index (χ2v) is 4.82. The molecule has 1 aliphatic heterocycles. The first kappa shape index (κ1) is 18.5. The maximum absolute atomic E-state index is 12.0. The lowest BCUT2D eigenvalue weighted by Crippen LogP contribution is -2.55. The molecule has 1 heterocycles. The number of carbonyl (C=O) groups is 1. The van der Waals surface area contributed by atoms with Gasteiger partial charge in [-0.2, -0.15) is 0 Å². The summed E-state index contributed by atoms with van der Waals surface area (Å²) in [5.74, 6) is 1.48. The number of benzene rings is 1. The highest BCUT2D eigenvalue weighted by Crippen LogP contribution is 2.16. The van der Waals surface area contributed by atoms with Crippen LogP contribution in [0.4, 0.5) is 0 Å². The quantitative estimate of drug-likeness (QED) is 0.761. The second-order valence-electron chi connectivity index (χ2n) is 4.82. The number of morpholine rings is 1. The Morgan fingerprint density at radius 3 is 2.68 bits per heavy atom. The van der Waals surface area contributed by atoms with E-state index in [1.165, 1.54) is 0 Å². The average Bonchev–Trinajstić information content (AvgIpc) is 2.52. The molecule has 0 aliphatic carbocycles. The number of ether oxygens (including phenoxy) is 3. The fourth-order valence-corrected chi connectivity index (χ4v) is 2.15. The molecular weight excluding hydrogens is 308 g/mol. The standard InChI is InChI=1S/C15H22N2O4.ClH/c1-11-14(16-7-9-20-11)15(18)17-8-10-21-13-5-3-12(19-2)4-6-13;/h3-6,11,14,16H,7-10H2,1-2H3,(H,17,18);1H/t11-,14+;/m1./s1. The molecule has 6 nitrogen and oxygen atoms in total. The van der Waals surface area contributed by atoms with E-state index in [2.05, 4.69) is 10.6 Å². The number of amides is 1. The van der Waals surface area contributed by atoms with E-state index in [4.69, 9.17) is 14.2 Å². The van der Waals surface area contributed by atoms with Gasteiger partial charge in [0, 0.05) is 6.54 Å². The smallest absolute Gasteiger partial charge is 0.239 e. The van der Waals surface area contributed by atoms with Crippen LogP contribution in [0.3, 0.4) is 0 Å². The zero-order chi connectivity index (χ0) is 15.1. The summed E-state index contributed by atoms with van der Waals surface area (Å²) in [6, 6.07) is 7.04. The molecule has 0 saturated carbocycles. The van der Waals surface area contributed by atoms with Gasteiger partial charge in [-0.05, 0) is 31.2 Å². The molecule has 0 bridgehead atoms. The summed E-state index contributed by atoms with van der Waals surface area (Å²) in [4.78, 5) is 12.0. The van der Waals surface area contributed by atoms with Crippen LogP contribution in [-0.2, 0) is 9.53 Å². The van der Waals surface area contributed by atoms with Crippen LogP contribution in [0.15, 0.2) is 24.3 Å². The van der Waals surface area contributed by atoms with Gasteiger partial charge in [0.15, 0.2) is 0 Å². The molecule has 0 aromatic heterocycles. The molecule has 1 amide bonds. The summed E-state index contributed by atoms with van der Waals surface area (Å²) < 4.78 is 16.1. The summed E-state index contributed by atoms with van der Waals surface area (Å²) in [5.41, 5.74) is 0. The minimum Gasteiger partial charge on any atom is -0.497 e. The Bertz CT molecular complexity index is 455.